The monoisotopic (exact) mass is 231 g/mol. The van der Waals surface area contributed by atoms with Gasteiger partial charge in [-0.3, -0.25) is 0 Å². The van der Waals surface area contributed by atoms with E-state index in [0.29, 0.717) is 10.1 Å². The Kier molecular flexibility index (Phi) is 5.97. The topological polar surface area (TPSA) is 53.4 Å². The second-order valence-electron chi connectivity index (χ2n) is 1.79. The maximum Gasteiger partial charge on any atom is 0.490 e. The highest BCUT2D eigenvalue weighted by atomic mass is 79.9. The maximum absolute atomic E-state index is 8.61. The highest BCUT2D eigenvalue weighted by Crippen LogP contribution is 2.00. The molecule has 0 aliphatic carbocycles. The molecule has 2 N–H and O–H groups in total. The standard InChI is InChI=1S/C5H5BBrNO2.C2H6/c7-5-2-1-4(3-8-5)6(9)10;1-2/h1-3,9-10H;1-2H3. The summed E-state index contributed by atoms with van der Waals surface area (Å²) in [6, 6.07) is 3.23. The number of pyridine rings is 1. The lowest BCUT2D eigenvalue weighted by molar-refractivity contribution is 0.425. The molecule has 0 fully saturated rings. The minimum atomic E-state index is -1.43. The van der Waals surface area contributed by atoms with Crippen molar-refractivity contribution in [2.75, 3.05) is 0 Å². The van der Waals surface area contributed by atoms with Crippen molar-refractivity contribution in [2.45, 2.75) is 13.8 Å². The van der Waals surface area contributed by atoms with Crippen LogP contribution in [0.25, 0.3) is 0 Å². The van der Waals surface area contributed by atoms with Gasteiger partial charge in [-0.1, -0.05) is 19.9 Å². The first-order valence-corrected chi connectivity index (χ1v) is 4.47. The van der Waals surface area contributed by atoms with Gasteiger partial charge >= 0.3 is 7.12 Å². The van der Waals surface area contributed by atoms with Crippen LogP contribution in [0.4, 0.5) is 0 Å². The van der Waals surface area contributed by atoms with E-state index >= 15 is 0 Å². The molecule has 0 radical (unpaired) electrons. The number of nitrogens with zero attached hydrogens (tertiary/aromatic N) is 1. The first-order valence-electron chi connectivity index (χ1n) is 3.68. The van der Waals surface area contributed by atoms with Gasteiger partial charge in [0.15, 0.2) is 0 Å². The molecular formula is C7H11BBrNO2. The van der Waals surface area contributed by atoms with Crippen LogP contribution in [0.2, 0.25) is 0 Å². The number of aromatic nitrogens is 1. The second kappa shape index (κ2) is 6.17. The molecule has 1 rings (SSSR count). The van der Waals surface area contributed by atoms with Crippen molar-refractivity contribution in [3.05, 3.63) is 22.9 Å². The maximum atomic E-state index is 8.61. The summed E-state index contributed by atoms with van der Waals surface area (Å²) in [7, 11) is -1.43. The first kappa shape index (κ1) is 11.6. The second-order valence-corrected chi connectivity index (χ2v) is 2.60. The smallest absolute Gasteiger partial charge is 0.423 e. The molecule has 0 aromatic carbocycles. The molecule has 0 bridgehead atoms. The van der Waals surface area contributed by atoms with Gasteiger partial charge in [0.05, 0.1) is 0 Å². The van der Waals surface area contributed by atoms with Gasteiger partial charge in [-0.2, -0.15) is 0 Å². The zero-order chi connectivity index (χ0) is 9.56. The lowest BCUT2D eigenvalue weighted by Gasteiger charge is -1.95. The Hall–Kier alpha value is -0.385. The van der Waals surface area contributed by atoms with E-state index in [1.807, 2.05) is 13.8 Å². The quantitative estimate of drug-likeness (QED) is 0.549. The third-order valence-corrected chi connectivity index (χ3v) is 1.52. The van der Waals surface area contributed by atoms with E-state index in [-0.39, 0.29) is 0 Å². The number of rotatable bonds is 1. The molecule has 0 aliphatic heterocycles. The van der Waals surface area contributed by atoms with Crippen molar-refractivity contribution >= 4 is 28.5 Å². The number of hydrogen-bond donors (Lipinski definition) is 2. The highest BCUT2D eigenvalue weighted by molar-refractivity contribution is 9.10. The summed E-state index contributed by atoms with van der Waals surface area (Å²) >= 11 is 3.12. The summed E-state index contributed by atoms with van der Waals surface area (Å²) in [6.07, 6.45) is 1.40. The SMILES string of the molecule is CC.OB(O)c1ccc(Br)nc1. The Labute approximate surface area is 80.7 Å². The van der Waals surface area contributed by atoms with Crippen LogP contribution >= 0.6 is 15.9 Å². The summed E-state index contributed by atoms with van der Waals surface area (Å²) in [4.78, 5) is 3.80. The number of halogens is 1. The molecule has 1 heterocycles. The molecule has 12 heavy (non-hydrogen) atoms. The molecule has 0 saturated carbocycles. The summed E-state index contributed by atoms with van der Waals surface area (Å²) in [5.74, 6) is 0. The summed E-state index contributed by atoms with van der Waals surface area (Å²) in [5, 5.41) is 17.2. The lowest BCUT2D eigenvalue weighted by Crippen LogP contribution is -2.29. The van der Waals surface area contributed by atoms with Crippen LogP contribution in [-0.4, -0.2) is 22.2 Å². The van der Waals surface area contributed by atoms with E-state index in [2.05, 4.69) is 20.9 Å². The minimum Gasteiger partial charge on any atom is -0.423 e. The first-order chi connectivity index (χ1) is 5.70. The molecule has 0 aliphatic rings. The van der Waals surface area contributed by atoms with Crippen LogP contribution < -0.4 is 5.46 Å². The van der Waals surface area contributed by atoms with Gasteiger partial charge in [0.1, 0.15) is 4.60 Å². The zero-order valence-corrected chi connectivity index (χ0v) is 8.62. The van der Waals surface area contributed by atoms with Gasteiger partial charge in [0.25, 0.3) is 0 Å². The van der Waals surface area contributed by atoms with Gasteiger partial charge in [-0.15, -0.1) is 0 Å². The molecule has 0 unspecified atom stereocenters. The zero-order valence-electron chi connectivity index (χ0n) is 7.03. The predicted octanol–water partition coefficient (Wildman–Crippen LogP) is 0.550. The Bertz CT molecular complexity index is 215. The van der Waals surface area contributed by atoms with Crippen molar-refractivity contribution in [3.63, 3.8) is 0 Å². The van der Waals surface area contributed by atoms with Crippen LogP contribution in [-0.2, 0) is 0 Å². The third kappa shape index (κ3) is 3.85. The van der Waals surface area contributed by atoms with Gasteiger partial charge in [0.2, 0.25) is 0 Å². The third-order valence-electron chi connectivity index (χ3n) is 1.05. The fraction of sp³-hybridized carbons (Fsp3) is 0.286. The van der Waals surface area contributed by atoms with Crippen molar-refractivity contribution < 1.29 is 10.0 Å². The molecule has 0 spiro atoms. The van der Waals surface area contributed by atoms with Crippen molar-refractivity contribution in [3.8, 4) is 0 Å². The normalized spacial score (nSPS) is 8.42. The van der Waals surface area contributed by atoms with Crippen LogP contribution in [0.15, 0.2) is 22.9 Å². The van der Waals surface area contributed by atoms with E-state index in [0.717, 1.165) is 0 Å². The van der Waals surface area contributed by atoms with Gasteiger partial charge < -0.3 is 10.0 Å². The molecular weight excluding hydrogens is 221 g/mol. The fourth-order valence-corrected chi connectivity index (χ4v) is 0.775. The molecule has 3 nitrogen and oxygen atoms in total. The van der Waals surface area contributed by atoms with Crippen LogP contribution in [0.1, 0.15) is 13.8 Å². The summed E-state index contributed by atoms with van der Waals surface area (Å²) in [6.45, 7) is 4.00. The van der Waals surface area contributed by atoms with Crippen molar-refractivity contribution in [2.24, 2.45) is 0 Å². The molecule has 0 amide bonds. The molecule has 66 valence electrons. The van der Waals surface area contributed by atoms with Gasteiger partial charge in [-0.05, 0) is 22.0 Å². The van der Waals surface area contributed by atoms with E-state index in [1.54, 1.807) is 12.1 Å². The molecule has 1 aromatic heterocycles. The van der Waals surface area contributed by atoms with E-state index < -0.39 is 7.12 Å². The fourth-order valence-electron chi connectivity index (χ4n) is 0.540. The minimum absolute atomic E-state index is 0.392. The van der Waals surface area contributed by atoms with Crippen molar-refractivity contribution in [1.82, 2.24) is 4.98 Å². The Balaban J connectivity index is 0.000000561. The summed E-state index contributed by atoms with van der Waals surface area (Å²) < 4.78 is 0.678. The van der Waals surface area contributed by atoms with Gasteiger partial charge in [0, 0.05) is 11.7 Å². The van der Waals surface area contributed by atoms with Crippen molar-refractivity contribution in [1.29, 1.82) is 0 Å². The van der Waals surface area contributed by atoms with Gasteiger partial charge in [-0.25, -0.2) is 4.98 Å². The summed E-state index contributed by atoms with van der Waals surface area (Å²) in [5.41, 5.74) is 0.392. The molecule has 0 saturated heterocycles. The Morgan fingerprint density at radius 3 is 2.25 bits per heavy atom. The molecule has 5 heteroatoms. The Morgan fingerprint density at radius 2 is 1.92 bits per heavy atom. The largest absolute Gasteiger partial charge is 0.490 e. The average Bonchev–Trinajstić information content (AvgIpc) is 2.09. The number of hydrogen-bond acceptors (Lipinski definition) is 3. The van der Waals surface area contributed by atoms with E-state index in [4.69, 9.17) is 10.0 Å². The van der Waals surface area contributed by atoms with E-state index in [9.17, 15) is 0 Å². The lowest BCUT2D eigenvalue weighted by atomic mass is 9.82. The van der Waals surface area contributed by atoms with Crippen LogP contribution in [0, 0.1) is 0 Å². The molecule has 1 aromatic rings. The highest BCUT2D eigenvalue weighted by Gasteiger charge is 2.09. The van der Waals surface area contributed by atoms with Crippen LogP contribution in [0.5, 0.6) is 0 Å². The van der Waals surface area contributed by atoms with Crippen LogP contribution in [0.3, 0.4) is 0 Å². The predicted molar refractivity (Wildman–Crippen MR) is 53.1 cm³/mol. The molecule has 0 atom stereocenters. The average molecular weight is 232 g/mol. The Morgan fingerprint density at radius 1 is 1.33 bits per heavy atom. The van der Waals surface area contributed by atoms with E-state index in [1.165, 1.54) is 6.20 Å².